The Labute approximate surface area is 221 Å². The fourth-order valence-corrected chi connectivity index (χ4v) is 4.81. The lowest BCUT2D eigenvalue weighted by atomic mass is 10.0. The molecule has 36 heavy (non-hydrogen) atoms. The summed E-state index contributed by atoms with van der Waals surface area (Å²) < 4.78 is 20.5. The molecular formula is C27H22BrFN4O2S. The summed E-state index contributed by atoms with van der Waals surface area (Å²) in [6.07, 6.45) is 1.93. The number of rotatable bonds is 7. The third-order valence-electron chi connectivity index (χ3n) is 5.95. The number of furan rings is 1. The van der Waals surface area contributed by atoms with Crippen molar-refractivity contribution >= 4 is 44.9 Å². The van der Waals surface area contributed by atoms with Crippen LogP contribution in [0.1, 0.15) is 30.0 Å². The van der Waals surface area contributed by atoms with E-state index >= 15 is 0 Å². The SMILES string of the molecule is O=C(CCN1C(=S)N[C@H](c2ccccn2)[C@H]1c1ccc(-c2ccc(Br)cc2)o1)Nc1ccc(F)cc1. The normalized spacial score (nSPS) is 17.2. The first-order valence-electron chi connectivity index (χ1n) is 11.4. The first-order valence-corrected chi connectivity index (χ1v) is 12.6. The summed E-state index contributed by atoms with van der Waals surface area (Å²) in [5.74, 6) is 0.907. The number of nitrogens with zero attached hydrogens (tertiary/aromatic N) is 2. The van der Waals surface area contributed by atoms with Gasteiger partial charge in [0.15, 0.2) is 5.11 Å². The number of halogens is 2. The highest BCUT2D eigenvalue weighted by atomic mass is 79.9. The number of hydrogen-bond acceptors (Lipinski definition) is 4. The Morgan fingerprint density at radius 1 is 1.08 bits per heavy atom. The lowest BCUT2D eigenvalue weighted by Gasteiger charge is -2.25. The van der Waals surface area contributed by atoms with Gasteiger partial charge in [0.2, 0.25) is 5.91 Å². The van der Waals surface area contributed by atoms with Gasteiger partial charge in [-0.15, -0.1) is 0 Å². The molecule has 1 amide bonds. The predicted molar refractivity (Wildman–Crippen MR) is 144 cm³/mol. The average molecular weight is 565 g/mol. The van der Waals surface area contributed by atoms with Crippen molar-refractivity contribution in [3.05, 3.63) is 107 Å². The summed E-state index contributed by atoms with van der Waals surface area (Å²) in [5.41, 5.74) is 2.32. The van der Waals surface area contributed by atoms with E-state index in [1.807, 2.05) is 59.5 Å². The van der Waals surface area contributed by atoms with E-state index in [2.05, 4.69) is 31.5 Å². The second-order valence-electron chi connectivity index (χ2n) is 8.33. The Balaban J connectivity index is 1.38. The van der Waals surface area contributed by atoms with Gasteiger partial charge in [0, 0.05) is 34.9 Å². The van der Waals surface area contributed by atoms with Gasteiger partial charge in [0.05, 0.1) is 11.7 Å². The molecule has 6 nitrogen and oxygen atoms in total. The molecule has 0 unspecified atom stereocenters. The fraction of sp³-hybridized carbons (Fsp3) is 0.148. The average Bonchev–Trinajstić information content (AvgIpc) is 3.50. The van der Waals surface area contributed by atoms with E-state index in [1.165, 1.54) is 24.3 Å². The van der Waals surface area contributed by atoms with Gasteiger partial charge in [0.1, 0.15) is 23.4 Å². The van der Waals surface area contributed by atoms with Crippen molar-refractivity contribution in [3.8, 4) is 11.3 Å². The molecule has 5 rings (SSSR count). The molecule has 1 aliphatic heterocycles. The lowest BCUT2D eigenvalue weighted by Crippen LogP contribution is -2.32. The zero-order valence-electron chi connectivity index (χ0n) is 19.0. The maximum atomic E-state index is 13.2. The monoisotopic (exact) mass is 564 g/mol. The van der Waals surface area contributed by atoms with Crippen molar-refractivity contribution in [1.29, 1.82) is 0 Å². The summed E-state index contributed by atoms with van der Waals surface area (Å²) in [5, 5.41) is 6.68. The number of hydrogen-bond donors (Lipinski definition) is 2. The van der Waals surface area contributed by atoms with Crippen LogP contribution in [0.15, 0.2) is 93.9 Å². The molecule has 4 aromatic rings. The highest BCUT2D eigenvalue weighted by molar-refractivity contribution is 9.10. The van der Waals surface area contributed by atoms with Crippen molar-refractivity contribution in [2.45, 2.75) is 18.5 Å². The predicted octanol–water partition coefficient (Wildman–Crippen LogP) is 6.24. The molecule has 0 aliphatic carbocycles. The number of amides is 1. The quantitative estimate of drug-likeness (QED) is 0.259. The number of aromatic nitrogens is 1. The molecule has 3 heterocycles. The number of anilines is 1. The van der Waals surface area contributed by atoms with Crippen molar-refractivity contribution in [2.24, 2.45) is 0 Å². The second kappa shape index (κ2) is 10.6. The Morgan fingerprint density at radius 2 is 1.86 bits per heavy atom. The van der Waals surface area contributed by atoms with Crippen LogP contribution in [0.5, 0.6) is 0 Å². The third kappa shape index (κ3) is 5.32. The molecular weight excluding hydrogens is 543 g/mol. The maximum absolute atomic E-state index is 13.2. The molecule has 1 aliphatic rings. The van der Waals surface area contributed by atoms with Crippen LogP contribution >= 0.6 is 28.1 Å². The summed E-state index contributed by atoms with van der Waals surface area (Å²) in [4.78, 5) is 19.1. The molecule has 0 radical (unpaired) electrons. The van der Waals surface area contributed by atoms with Crippen molar-refractivity contribution < 1.29 is 13.6 Å². The zero-order valence-corrected chi connectivity index (χ0v) is 21.4. The fourth-order valence-electron chi connectivity index (χ4n) is 4.22. The van der Waals surface area contributed by atoms with Crippen molar-refractivity contribution in [1.82, 2.24) is 15.2 Å². The number of benzene rings is 2. The smallest absolute Gasteiger partial charge is 0.226 e. The van der Waals surface area contributed by atoms with Gasteiger partial charge < -0.3 is 20.0 Å². The second-order valence-corrected chi connectivity index (χ2v) is 9.64. The van der Waals surface area contributed by atoms with Gasteiger partial charge in [0.25, 0.3) is 0 Å². The molecule has 182 valence electrons. The van der Waals surface area contributed by atoms with Crippen LogP contribution in [0.25, 0.3) is 11.3 Å². The van der Waals surface area contributed by atoms with Crippen LogP contribution in [0.4, 0.5) is 10.1 Å². The van der Waals surface area contributed by atoms with Gasteiger partial charge in [-0.2, -0.15) is 0 Å². The minimum absolute atomic E-state index is 0.185. The first kappa shape index (κ1) is 24.1. The van der Waals surface area contributed by atoms with Crippen LogP contribution < -0.4 is 10.6 Å². The van der Waals surface area contributed by atoms with E-state index in [-0.39, 0.29) is 30.2 Å². The molecule has 2 atom stereocenters. The summed E-state index contributed by atoms with van der Waals surface area (Å²) in [6.45, 7) is 0.362. The topological polar surface area (TPSA) is 70.4 Å². The largest absolute Gasteiger partial charge is 0.459 e. The van der Waals surface area contributed by atoms with Gasteiger partial charge in [-0.05, 0) is 72.9 Å². The Kier molecular flexibility index (Phi) is 7.11. The third-order valence-corrected chi connectivity index (χ3v) is 6.83. The molecule has 9 heteroatoms. The molecule has 2 N–H and O–H groups in total. The first-order chi connectivity index (χ1) is 17.5. The minimum Gasteiger partial charge on any atom is -0.459 e. The summed E-state index contributed by atoms with van der Waals surface area (Å²) in [6, 6.07) is 22.6. The van der Waals surface area contributed by atoms with Crippen LogP contribution in [-0.4, -0.2) is 27.4 Å². The molecule has 1 fully saturated rings. The molecule has 0 saturated carbocycles. The Morgan fingerprint density at radius 3 is 2.58 bits per heavy atom. The van der Waals surface area contributed by atoms with E-state index in [9.17, 15) is 9.18 Å². The van der Waals surface area contributed by atoms with Crippen LogP contribution in [0, 0.1) is 5.82 Å². The number of nitrogens with one attached hydrogen (secondary N) is 2. The number of carbonyl (C=O) groups excluding carboxylic acids is 1. The minimum atomic E-state index is -0.356. The van der Waals surface area contributed by atoms with E-state index < -0.39 is 0 Å². The number of carbonyl (C=O) groups is 1. The van der Waals surface area contributed by atoms with Crippen LogP contribution in [-0.2, 0) is 4.79 Å². The van der Waals surface area contributed by atoms with E-state index in [4.69, 9.17) is 16.6 Å². The zero-order chi connectivity index (χ0) is 25.1. The van der Waals surface area contributed by atoms with Gasteiger partial charge in [-0.25, -0.2) is 4.39 Å². The maximum Gasteiger partial charge on any atom is 0.226 e. The van der Waals surface area contributed by atoms with Crippen molar-refractivity contribution in [3.63, 3.8) is 0 Å². The lowest BCUT2D eigenvalue weighted by molar-refractivity contribution is -0.116. The molecule has 1 saturated heterocycles. The van der Waals surface area contributed by atoms with E-state index in [0.29, 0.717) is 17.3 Å². The summed E-state index contributed by atoms with van der Waals surface area (Å²) >= 11 is 9.13. The van der Waals surface area contributed by atoms with E-state index in [1.54, 1.807) is 6.20 Å². The Hall–Kier alpha value is -3.56. The highest BCUT2D eigenvalue weighted by Crippen LogP contribution is 2.40. The van der Waals surface area contributed by atoms with Crippen molar-refractivity contribution in [2.75, 3.05) is 11.9 Å². The van der Waals surface area contributed by atoms with Gasteiger partial charge >= 0.3 is 0 Å². The molecule has 2 aromatic heterocycles. The standard InChI is InChI=1S/C27H22BrFN4O2S/c28-18-6-4-17(5-7-18)22-12-13-23(35-22)26-25(21-3-1-2-15-30-21)32-27(36)33(26)16-14-24(34)31-20-10-8-19(29)9-11-20/h1-13,15,25-26H,14,16H2,(H,31,34)(H,32,36)/t25-,26-/m1/s1. The number of thiocarbonyl (C=S) groups is 1. The molecule has 2 aromatic carbocycles. The highest BCUT2D eigenvalue weighted by Gasteiger charge is 2.41. The van der Waals surface area contributed by atoms with Gasteiger partial charge in [-0.3, -0.25) is 9.78 Å². The van der Waals surface area contributed by atoms with Gasteiger partial charge in [-0.1, -0.05) is 34.1 Å². The molecule has 0 spiro atoms. The number of pyridine rings is 1. The molecule has 0 bridgehead atoms. The van der Waals surface area contributed by atoms with Crippen LogP contribution in [0.2, 0.25) is 0 Å². The Bertz CT molecular complexity index is 1360. The van der Waals surface area contributed by atoms with Crippen LogP contribution in [0.3, 0.4) is 0 Å². The van der Waals surface area contributed by atoms with E-state index in [0.717, 1.165) is 27.3 Å². The summed E-state index contributed by atoms with van der Waals surface area (Å²) in [7, 11) is 0.